The highest BCUT2D eigenvalue weighted by atomic mass is 32.2. The number of rotatable bonds is 11. The third-order valence-corrected chi connectivity index (χ3v) is 15.3. The molecule has 0 aliphatic heterocycles. The Hall–Kier alpha value is -4.69. The molecule has 0 spiro atoms. The summed E-state index contributed by atoms with van der Waals surface area (Å²) >= 11 is 0. The van der Waals surface area contributed by atoms with E-state index in [0.717, 1.165) is 35.4 Å². The summed E-state index contributed by atoms with van der Waals surface area (Å²) < 4.78 is 168. The van der Waals surface area contributed by atoms with Gasteiger partial charge in [0.1, 0.15) is 33.1 Å². The Morgan fingerprint density at radius 3 is 1.47 bits per heavy atom. The molecule has 0 radical (unpaired) electrons. The number of alkyl halides is 2. The van der Waals surface area contributed by atoms with Crippen LogP contribution in [0.3, 0.4) is 0 Å². The molecule has 3 aliphatic carbocycles. The van der Waals surface area contributed by atoms with Crippen LogP contribution in [0.2, 0.25) is 0 Å². The lowest BCUT2D eigenvalue weighted by Crippen LogP contribution is -2.37. The average Bonchev–Trinajstić information content (AvgIpc) is 3.15. The smallest absolute Gasteiger partial charge is 0.334 e. The number of ether oxygens (including phenoxy) is 1. The fourth-order valence-corrected chi connectivity index (χ4v) is 11.7. The normalized spacial score (nSPS) is 17.3. The van der Waals surface area contributed by atoms with E-state index in [0.29, 0.717) is 23.8 Å². The second-order valence-corrected chi connectivity index (χ2v) is 21.5. The standard InChI is InChI=1S/C21H20F2O5S.C20H15F4O4S3/c22-21(23,29(25,26)27)10-5-11-28-20(24)18-12-17-13-6-1-3-8-15(13)19(18)16-9-4-2-7-14(16)17;1-30(25,26)19-15(21)8-13(9-16(19)22)29(12-6-4-3-5-7-12)14-10-17(23)20(18(24)11-14)31(2,27)28/h1-4,6-9,17-19H,5,10-12H2,(H,25,26,27);3-11H,1-2H3/q;+1/p-1. The third kappa shape index (κ3) is 9.14. The molecule has 0 heterocycles. The highest BCUT2D eigenvalue weighted by Gasteiger charge is 2.47. The van der Waals surface area contributed by atoms with Crippen molar-refractivity contribution in [3.8, 4) is 0 Å². The Labute approximate surface area is 345 Å². The first-order valence-corrected chi connectivity index (χ1v) is 24.3. The van der Waals surface area contributed by atoms with E-state index in [1.165, 1.54) is 11.1 Å². The first-order chi connectivity index (χ1) is 28.0. The van der Waals surface area contributed by atoms with Crippen LogP contribution < -0.4 is 0 Å². The average molecular weight is 913 g/mol. The first kappa shape index (κ1) is 44.9. The summed E-state index contributed by atoms with van der Waals surface area (Å²) in [6.07, 6.45) is 0.297. The molecular weight excluding hydrogens is 879 g/mol. The number of esters is 1. The molecule has 0 N–H and O–H groups in total. The minimum Gasteiger partial charge on any atom is -0.743 e. The van der Waals surface area contributed by atoms with Gasteiger partial charge < -0.3 is 9.29 Å². The molecule has 5 aromatic carbocycles. The molecule has 318 valence electrons. The predicted molar refractivity (Wildman–Crippen MR) is 207 cm³/mol. The van der Waals surface area contributed by atoms with Gasteiger partial charge in [0.05, 0.1) is 23.4 Å². The Morgan fingerprint density at radius 1 is 0.667 bits per heavy atom. The Kier molecular flexibility index (Phi) is 12.7. The topological polar surface area (TPSA) is 152 Å². The highest BCUT2D eigenvalue weighted by molar-refractivity contribution is 7.97. The summed E-state index contributed by atoms with van der Waals surface area (Å²) in [5, 5.41) is -4.36. The Morgan fingerprint density at radius 2 is 1.07 bits per heavy atom. The van der Waals surface area contributed by atoms with E-state index >= 15 is 0 Å². The number of sulfone groups is 2. The Balaban J connectivity index is 0.000000202. The van der Waals surface area contributed by atoms with E-state index in [4.69, 9.17) is 4.74 Å². The molecule has 5 aromatic rings. The molecule has 0 aromatic heterocycles. The summed E-state index contributed by atoms with van der Waals surface area (Å²) in [6, 6.07) is 27.1. The molecule has 1 unspecified atom stereocenters. The van der Waals surface area contributed by atoms with Crippen molar-refractivity contribution in [2.75, 3.05) is 19.1 Å². The van der Waals surface area contributed by atoms with E-state index in [1.54, 1.807) is 30.3 Å². The molecule has 0 saturated heterocycles. The summed E-state index contributed by atoms with van der Waals surface area (Å²) in [5.41, 5.74) is 4.54. The van der Waals surface area contributed by atoms with Crippen molar-refractivity contribution in [3.05, 3.63) is 149 Å². The van der Waals surface area contributed by atoms with Crippen LogP contribution in [0.15, 0.2) is 128 Å². The highest BCUT2D eigenvalue weighted by Crippen LogP contribution is 2.55. The van der Waals surface area contributed by atoms with Gasteiger partial charge >= 0.3 is 11.2 Å². The second kappa shape index (κ2) is 17.0. The van der Waals surface area contributed by atoms with Gasteiger partial charge in [0.2, 0.25) is 0 Å². The van der Waals surface area contributed by atoms with Crippen molar-refractivity contribution in [2.24, 2.45) is 5.92 Å². The maximum Gasteiger partial charge on any atom is 0.334 e. The fraction of sp³-hybridized carbons (Fsp3) is 0.244. The number of benzene rings is 5. The minimum absolute atomic E-state index is 0.0693. The van der Waals surface area contributed by atoms with Crippen LogP contribution in [0.4, 0.5) is 26.3 Å². The van der Waals surface area contributed by atoms with Crippen molar-refractivity contribution >= 4 is 46.7 Å². The summed E-state index contributed by atoms with van der Waals surface area (Å²) in [4.78, 5) is 10.8. The zero-order valence-electron chi connectivity index (χ0n) is 31.5. The molecular formula is C41H34F6O9S4. The van der Waals surface area contributed by atoms with Crippen LogP contribution >= 0.6 is 0 Å². The van der Waals surface area contributed by atoms with Crippen molar-refractivity contribution in [1.82, 2.24) is 0 Å². The predicted octanol–water partition coefficient (Wildman–Crippen LogP) is 7.89. The van der Waals surface area contributed by atoms with Gasteiger partial charge in [0.25, 0.3) is 0 Å². The number of hydrogen-bond donors (Lipinski definition) is 0. The van der Waals surface area contributed by atoms with Crippen LogP contribution in [0.25, 0.3) is 0 Å². The van der Waals surface area contributed by atoms with E-state index in [2.05, 4.69) is 12.1 Å². The molecule has 1 atom stereocenters. The lowest BCUT2D eigenvalue weighted by Gasteiger charge is -2.44. The van der Waals surface area contributed by atoms with Crippen molar-refractivity contribution < 1.29 is 65.7 Å². The number of halogens is 6. The van der Waals surface area contributed by atoms with Gasteiger partial charge in [-0.1, -0.05) is 66.7 Å². The molecule has 0 fully saturated rings. The fourth-order valence-electron chi connectivity index (χ4n) is 7.53. The van der Waals surface area contributed by atoms with Gasteiger partial charge in [-0.2, -0.15) is 8.78 Å². The number of carbonyl (C=O) groups is 1. The lowest BCUT2D eigenvalue weighted by molar-refractivity contribution is -0.150. The maximum atomic E-state index is 14.5. The molecule has 3 aliphatic rings. The van der Waals surface area contributed by atoms with Crippen LogP contribution in [0, 0.1) is 29.2 Å². The second-order valence-electron chi connectivity index (χ2n) is 14.1. The van der Waals surface area contributed by atoms with Gasteiger partial charge in [-0.15, -0.1) is 0 Å². The van der Waals surface area contributed by atoms with E-state index in [1.807, 2.05) is 36.4 Å². The van der Waals surface area contributed by atoms with Gasteiger partial charge in [-0.05, 0) is 47.2 Å². The van der Waals surface area contributed by atoms with Gasteiger partial charge in [0.15, 0.2) is 44.5 Å². The van der Waals surface area contributed by atoms with Crippen molar-refractivity contribution in [3.63, 3.8) is 0 Å². The lowest BCUT2D eigenvalue weighted by atomic mass is 9.59. The van der Waals surface area contributed by atoms with Crippen molar-refractivity contribution in [1.29, 1.82) is 0 Å². The number of carbonyl (C=O) groups excluding carboxylic acids is 1. The molecule has 19 heteroatoms. The van der Waals surface area contributed by atoms with Crippen molar-refractivity contribution in [2.45, 2.75) is 60.8 Å². The zero-order valence-corrected chi connectivity index (χ0v) is 34.7. The van der Waals surface area contributed by atoms with E-state index in [-0.39, 0.29) is 28.2 Å². The molecule has 60 heavy (non-hydrogen) atoms. The van der Waals surface area contributed by atoms with Gasteiger partial charge in [-0.3, -0.25) is 4.79 Å². The van der Waals surface area contributed by atoms with Gasteiger partial charge in [-0.25, -0.2) is 42.8 Å². The third-order valence-electron chi connectivity index (χ3n) is 9.97. The quantitative estimate of drug-likeness (QED) is 0.0424. The van der Waals surface area contributed by atoms with Gasteiger partial charge in [0, 0.05) is 55.0 Å². The largest absolute Gasteiger partial charge is 0.743 e. The molecule has 0 saturated carbocycles. The zero-order chi connectivity index (χ0) is 43.9. The van der Waals surface area contributed by atoms with Crippen LogP contribution in [0.1, 0.15) is 53.4 Å². The SMILES string of the molecule is CS(=O)(=O)c1c(F)cc([S+](c2ccccc2)c2cc(F)c(S(C)(=O)=O)c(F)c2)cc1F.O=C(OCCCC(F)(F)S(=O)(=O)[O-])C1CC2c3ccccc3C1c1ccccc12. The maximum absolute atomic E-state index is 14.5. The van der Waals surface area contributed by atoms with Crippen LogP contribution in [-0.4, -0.2) is 60.1 Å². The molecule has 8 rings (SSSR count). The summed E-state index contributed by atoms with van der Waals surface area (Å²) in [5.74, 6) is -6.41. The van der Waals surface area contributed by atoms with E-state index in [9.17, 15) is 60.9 Å². The minimum atomic E-state index is -5.72. The van der Waals surface area contributed by atoms with Crippen LogP contribution in [0.5, 0.6) is 0 Å². The molecule has 0 amide bonds. The number of hydrogen-bond acceptors (Lipinski definition) is 9. The number of fused-ring (bicyclic) bond motifs is 1. The Bertz CT molecular complexity index is 2620. The first-order valence-electron chi connectivity index (χ1n) is 17.9. The molecule has 9 nitrogen and oxygen atoms in total. The summed E-state index contributed by atoms with van der Waals surface area (Å²) in [6.45, 7) is -0.360. The van der Waals surface area contributed by atoms with Crippen LogP contribution in [-0.2, 0) is 50.2 Å². The monoisotopic (exact) mass is 912 g/mol. The molecule has 2 bridgehead atoms. The summed E-state index contributed by atoms with van der Waals surface area (Å²) in [7, 11) is -15.6. The van der Waals surface area contributed by atoms with E-state index < -0.39 is 104 Å².